The van der Waals surface area contributed by atoms with Crippen LogP contribution in [0.3, 0.4) is 0 Å². The number of hydrogen-bond acceptors (Lipinski definition) is 5. The quantitative estimate of drug-likeness (QED) is 0.196. The molecule has 0 spiro atoms. The Labute approximate surface area is 236 Å². The molecule has 1 atom stereocenters. The van der Waals surface area contributed by atoms with E-state index in [9.17, 15) is 13.2 Å². The third-order valence-corrected chi connectivity index (χ3v) is 7.44. The van der Waals surface area contributed by atoms with Crippen LogP contribution in [0.4, 0.5) is 30.5 Å². The fraction of sp³-hybridized carbons (Fsp3) is 0.367. The summed E-state index contributed by atoms with van der Waals surface area (Å²) in [6.45, 7) is 5.58. The van der Waals surface area contributed by atoms with Gasteiger partial charge >= 0.3 is 6.36 Å². The first-order chi connectivity index (χ1) is 19.1. The van der Waals surface area contributed by atoms with Gasteiger partial charge in [-0.3, -0.25) is 0 Å². The SMILES string of the molecule is CC1(C)CCCC(n2c(Nc3ccc(OC(F)(F)F)cc3)nc3cc(OCCNc4ccccc4Cl)ccc32)C1. The highest BCUT2D eigenvalue weighted by molar-refractivity contribution is 6.33. The maximum atomic E-state index is 12.6. The van der Waals surface area contributed by atoms with Crippen molar-refractivity contribution in [2.75, 3.05) is 23.8 Å². The number of imidazole rings is 1. The number of hydrogen-bond donors (Lipinski definition) is 2. The number of ether oxygens (including phenoxy) is 2. The molecular formula is C30H32ClF3N4O2. The lowest BCUT2D eigenvalue weighted by molar-refractivity contribution is -0.274. The molecule has 10 heteroatoms. The number of rotatable bonds is 9. The van der Waals surface area contributed by atoms with Crippen LogP contribution in [0.1, 0.15) is 45.6 Å². The van der Waals surface area contributed by atoms with E-state index in [1.807, 2.05) is 42.5 Å². The lowest BCUT2D eigenvalue weighted by atomic mass is 9.75. The average Bonchev–Trinajstić information content (AvgIpc) is 3.24. The van der Waals surface area contributed by atoms with Crippen LogP contribution in [0.25, 0.3) is 11.0 Å². The Morgan fingerprint density at radius 3 is 2.52 bits per heavy atom. The minimum Gasteiger partial charge on any atom is -0.492 e. The fourth-order valence-corrected chi connectivity index (χ4v) is 5.54. The van der Waals surface area contributed by atoms with Crippen LogP contribution in [-0.2, 0) is 0 Å². The van der Waals surface area contributed by atoms with Gasteiger partial charge < -0.3 is 24.7 Å². The number of anilines is 3. The van der Waals surface area contributed by atoms with Gasteiger partial charge in [-0.1, -0.05) is 44.0 Å². The van der Waals surface area contributed by atoms with Gasteiger partial charge in [-0.15, -0.1) is 13.2 Å². The van der Waals surface area contributed by atoms with Crippen molar-refractivity contribution in [1.82, 2.24) is 9.55 Å². The van der Waals surface area contributed by atoms with Crippen molar-refractivity contribution in [2.24, 2.45) is 5.41 Å². The van der Waals surface area contributed by atoms with Crippen molar-refractivity contribution < 1.29 is 22.6 Å². The number of halogens is 4. The number of alkyl halides is 3. The summed E-state index contributed by atoms with van der Waals surface area (Å²) in [5.74, 6) is 1.06. The summed E-state index contributed by atoms with van der Waals surface area (Å²) in [4.78, 5) is 4.89. The number of nitrogens with zero attached hydrogens (tertiary/aromatic N) is 2. The first kappa shape index (κ1) is 28.0. The summed E-state index contributed by atoms with van der Waals surface area (Å²) in [7, 11) is 0. The van der Waals surface area contributed by atoms with E-state index in [1.54, 1.807) is 12.1 Å². The van der Waals surface area contributed by atoms with E-state index in [-0.39, 0.29) is 17.2 Å². The van der Waals surface area contributed by atoms with Crippen LogP contribution >= 0.6 is 11.6 Å². The van der Waals surface area contributed by atoms with E-state index in [2.05, 4.69) is 33.8 Å². The van der Waals surface area contributed by atoms with Crippen molar-refractivity contribution in [3.63, 3.8) is 0 Å². The second-order valence-corrected chi connectivity index (χ2v) is 11.2. The molecule has 1 heterocycles. The number of para-hydroxylation sites is 1. The maximum Gasteiger partial charge on any atom is 0.573 e. The molecule has 6 nitrogen and oxygen atoms in total. The summed E-state index contributed by atoms with van der Waals surface area (Å²) in [6.07, 6.45) is -0.438. The van der Waals surface area contributed by atoms with Crippen LogP contribution in [0, 0.1) is 5.41 Å². The average molecular weight is 573 g/mol. The lowest BCUT2D eigenvalue weighted by Gasteiger charge is -2.36. The third-order valence-electron chi connectivity index (χ3n) is 7.11. The summed E-state index contributed by atoms with van der Waals surface area (Å²) >= 11 is 6.20. The van der Waals surface area contributed by atoms with Crippen molar-refractivity contribution in [3.05, 3.63) is 71.8 Å². The topological polar surface area (TPSA) is 60.3 Å². The van der Waals surface area contributed by atoms with Gasteiger partial charge in [0.15, 0.2) is 0 Å². The Kier molecular flexibility index (Phi) is 8.03. The fourth-order valence-electron chi connectivity index (χ4n) is 5.33. The zero-order chi connectivity index (χ0) is 28.3. The Balaban J connectivity index is 1.36. The Bertz CT molecular complexity index is 1450. The first-order valence-electron chi connectivity index (χ1n) is 13.3. The number of aromatic nitrogens is 2. The second-order valence-electron chi connectivity index (χ2n) is 10.8. The molecule has 4 aromatic rings. The van der Waals surface area contributed by atoms with Gasteiger partial charge in [0.25, 0.3) is 0 Å². The molecule has 212 valence electrons. The molecular weight excluding hydrogens is 541 g/mol. The van der Waals surface area contributed by atoms with E-state index in [0.717, 1.165) is 36.0 Å². The monoisotopic (exact) mass is 572 g/mol. The summed E-state index contributed by atoms with van der Waals surface area (Å²) in [5, 5.41) is 7.25. The summed E-state index contributed by atoms with van der Waals surface area (Å²) in [5.41, 5.74) is 3.42. The number of nitrogens with one attached hydrogen (secondary N) is 2. The van der Waals surface area contributed by atoms with Crippen LogP contribution in [-0.4, -0.2) is 29.1 Å². The predicted molar refractivity (Wildman–Crippen MR) is 153 cm³/mol. The zero-order valence-corrected chi connectivity index (χ0v) is 23.1. The molecule has 1 aromatic heterocycles. The molecule has 0 radical (unpaired) electrons. The predicted octanol–water partition coefficient (Wildman–Crippen LogP) is 8.96. The van der Waals surface area contributed by atoms with Crippen molar-refractivity contribution in [1.29, 1.82) is 0 Å². The Morgan fingerprint density at radius 2 is 1.80 bits per heavy atom. The lowest BCUT2D eigenvalue weighted by Crippen LogP contribution is -2.25. The molecule has 1 fully saturated rings. The van der Waals surface area contributed by atoms with Gasteiger partial charge in [0, 0.05) is 24.3 Å². The highest BCUT2D eigenvalue weighted by Gasteiger charge is 2.32. The van der Waals surface area contributed by atoms with E-state index in [4.69, 9.17) is 21.3 Å². The number of fused-ring (bicyclic) bond motifs is 1. The second kappa shape index (κ2) is 11.5. The van der Waals surface area contributed by atoms with Crippen LogP contribution < -0.4 is 20.1 Å². The summed E-state index contributed by atoms with van der Waals surface area (Å²) in [6, 6.07) is 19.3. The molecule has 1 unspecified atom stereocenters. The van der Waals surface area contributed by atoms with E-state index < -0.39 is 6.36 Å². The maximum absolute atomic E-state index is 12.6. The van der Waals surface area contributed by atoms with Gasteiger partial charge in [-0.05, 0) is 73.2 Å². The van der Waals surface area contributed by atoms with Gasteiger partial charge in [0.2, 0.25) is 5.95 Å². The molecule has 0 bridgehead atoms. The zero-order valence-electron chi connectivity index (χ0n) is 22.4. The Morgan fingerprint density at radius 1 is 1.05 bits per heavy atom. The van der Waals surface area contributed by atoms with Crippen molar-refractivity contribution in [2.45, 2.75) is 51.9 Å². The largest absolute Gasteiger partial charge is 0.573 e. The van der Waals surface area contributed by atoms with Crippen molar-refractivity contribution >= 4 is 40.0 Å². The van der Waals surface area contributed by atoms with E-state index in [0.29, 0.717) is 35.6 Å². The highest BCUT2D eigenvalue weighted by Crippen LogP contribution is 2.44. The van der Waals surface area contributed by atoms with E-state index in [1.165, 1.54) is 18.6 Å². The molecule has 0 saturated heterocycles. The first-order valence-corrected chi connectivity index (χ1v) is 13.7. The highest BCUT2D eigenvalue weighted by atomic mass is 35.5. The molecule has 5 rings (SSSR count). The molecule has 1 aliphatic carbocycles. The van der Waals surface area contributed by atoms with Gasteiger partial charge in [0.05, 0.1) is 21.7 Å². The normalized spacial score (nSPS) is 17.0. The van der Waals surface area contributed by atoms with E-state index >= 15 is 0 Å². The van der Waals surface area contributed by atoms with Gasteiger partial charge in [-0.2, -0.15) is 0 Å². The Hall–Kier alpha value is -3.59. The smallest absolute Gasteiger partial charge is 0.492 e. The van der Waals surface area contributed by atoms with Crippen molar-refractivity contribution in [3.8, 4) is 11.5 Å². The molecule has 0 amide bonds. The minimum absolute atomic E-state index is 0.199. The van der Waals surface area contributed by atoms with Crippen LogP contribution in [0.5, 0.6) is 11.5 Å². The molecule has 40 heavy (non-hydrogen) atoms. The van der Waals surface area contributed by atoms with Crippen LogP contribution in [0.2, 0.25) is 5.02 Å². The standard InChI is InChI=1S/C30H32ClF3N4O2/c1-29(2)15-5-6-21(19-29)38-27-14-13-23(39-17-16-35-25-8-4-3-7-24(25)31)18-26(27)37-28(38)36-20-9-11-22(12-10-20)40-30(32,33)34/h3-4,7-14,18,21,35H,5-6,15-17,19H2,1-2H3,(H,36,37). The molecule has 1 saturated carbocycles. The van der Waals surface area contributed by atoms with Gasteiger partial charge in [0.1, 0.15) is 18.1 Å². The molecule has 3 aromatic carbocycles. The van der Waals surface area contributed by atoms with Crippen LogP contribution in [0.15, 0.2) is 66.7 Å². The van der Waals surface area contributed by atoms with Gasteiger partial charge in [-0.25, -0.2) is 4.98 Å². The number of benzene rings is 3. The molecule has 2 N–H and O–H groups in total. The molecule has 1 aliphatic rings. The molecule has 0 aliphatic heterocycles. The minimum atomic E-state index is -4.73. The third kappa shape index (κ3) is 6.94. The summed E-state index contributed by atoms with van der Waals surface area (Å²) < 4.78 is 50.0.